The molecule has 6 nitrogen and oxygen atoms in total. The molecule has 1 aromatic rings. The summed E-state index contributed by atoms with van der Waals surface area (Å²) in [6.07, 6.45) is 5.46. The Balaban J connectivity index is 1.26. The Hall–Kier alpha value is -1.67. The first-order chi connectivity index (χ1) is 14.5. The van der Waals surface area contributed by atoms with Crippen LogP contribution in [0, 0.1) is 17.8 Å². The van der Waals surface area contributed by atoms with Gasteiger partial charge >= 0.3 is 5.97 Å². The second kappa shape index (κ2) is 9.22. The van der Waals surface area contributed by atoms with Crippen molar-refractivity contribution in [1.29, 1.82) is 0 Å². The third-order valence-corrected chi connectivity index (χ3v) is 10.3. The Morgan fingerprint density at radius 3 is 2.13 bits per heavy atom. The fourth-order valence-corrected chi connectivity index (χ4v) is 9.03. The molecule has 1 aromatic carbocycles. The predicted octanol–water partition coefficient (Wildman–Crippen LogP) is 4.13. The van der Waals surface area contributed by atoms with Crippen LogP contribution in [0.2, 0.25) is 0 Å². The molecule has 162 valence electrons. The van der Waals surface area contributed by atoms with Crippen molar-refractivity contribution < 1.29 is 19.1 Å². The molecule has 2 saturated carbocycles. The van der Waals surface area contributed by atoms with Crippen LogP contribution in [0.1, 0.15) is 39.0 Å². The molecule has 1 heterocycles. The number of carbonyl (C=O) groups excluding carboxylic acids is 3. The van der Waals surface area contributed by atoms with E-state index in [-0.39, 0.29) is 30.3 Å². The molecule has 3 aliphatic rings. The van der Waals surface area contributed by atoms with E-state index >= 15 is 0 Å². The van der Waals surface area contributed by atoms with E-state index in [2.05, 4.69) is 34.2 Å². The van der Waals surface area contributed by atoms with E-state index < -0.39 is 0 Å². The maximum absolute atomic E-state index is 12.7. The molecule has 30 heavy (non-hydrogen) atoms. The first-order valence-electron chi connectivity index (χ1n) is 10.6. The van der Waals surface area contributed by atoms with Gasteiger partial charge in [-0.2, -0.15) is 0 Å². The Bertz CT molecular complexity index is 792. The summed E-state index contributed by atoms with van der Waals surface area (Å²) in [5.74, 6) is 2.78. The van der Waals surface area contributed by atoms with Gasteiger partial charge in [-0.15, -0.1) is 23.5 Å². The normalized spacial score (nSPS) is 26.8. The van der Waals surface area contributed by atoms with Crippen molar-refractivity contribution in [3.63, 3.8) is 0 Å². The van der Waals surface area contributed by atoms with Crippen LogP contribution in [0.15, 0.2) is 24.3 Å². The molecule has 2 aliphatic carbocycles. The van der Waals surface area contributed by atoms with Gasteiger partial charge in [0.15, 0.2) is 6.61 Å². The Kier molecular flexibility index (Phi) is 6.63. The van der Waals surface area contributed by atoms with Crippen LogP contribution in [0.4, 0.5) is 11.4 Å². The number of ether oxygens (including phenoxy) is 1. The smallest absolute Gasteiger partial charge is 0.309 e. The highest BCUT2D eigenvalue weighted by Gasteiger charge is 2.55. The number of anilines is 2. The van der Waals surface area contributed by atoms with Gasteiger partial charge in [0.05, 0.1) is 10.00 Å². The summed E-state index contributed by atoms with van der Waals surface area (Å²) in [6, 6.07) is 6.81. The Labute approximate surface area is 185 Å². The fraction of sp³-hybridized carbons (Fsp3) is 0.591. The van der Waals surface area contributed by atoms with Crippen molar-refractivity contribution in [3.05, 3.63) is 24.3 Å². The maximum Gasteiger partial charge on any atom is 0.309 e. The zero-order chi connectivity index (χ0) is 21.1. The summed E-state index contributed by atoms with van der Waals surface area (Å²) >= 11 is 4.24. The number of hydrogen-bond donors (Lipinski definition) is 2. The lowest BCUT2D eigenvalue weighted by molar-refractivity contribution is -0.154. The van der Waals surface area contributed by atoms with E-state index in [1.165, 1.54) is 37.7 Å². The molecule has 2 amide bonds. The van der Waals surface area contributed by atoms with Gasteiger partial charge in [-0.05, 0) is 61.8 Å². The van der Waals surface area contributed by atoms with Gasteiger partial charge in [-0.3, -0.25) is 14.4 Å². The van der Waals surface area contributed by atoms with Crippen LogP contribution in [0.5, 0.6) is 0 Å². The first-order valence-corrected chi connectivity index (χ1v) is 12.6. The molecule has 8 heteroatoms. The van der Waals surface area contributed by atoms with Gasteiger partial charge in [0.1, 0.15) is 0 Å². The molecule has 1 saturated heterocycles. The number of rotatable bonds is 5. The topological polar surface area (TPSA) is 84.5 Å². The van der Waals surface area contributed by atoms with Crippen molar-refractivity contribution in [1.82, 2.24) is 0 Å². The van der Waals surface area contributed by atoms with Gasteiger partial charge in [0.25, 0.3) is 5.91 Å². The zero-order valence-electron chi connectivity index (χ0n) is 17.1. The Morgan fingerprint density at radius 1 is 1.00 bits per heavy atom. The minimum absolute atomic E-state index is 0.0857. The molecule has 0 radical (unpaired) electrons. The van der Waals surface area contributed by atoms with Crippen LogP contribution in [-0.4, -0.2) is 40.0 Å². The lowest BCUT2D eigenvalue weighted by Gasteiger charge is -2.51. The quantitative estimate of drug-likeness (QED) is 0.659. The summed E-state index contributed by atoms with van der Waals surface area (Å²) in [7, 11) is 0. The molecule has 2 atom stereocenters. The molecule has 1 spiro atoms. The SMILES string of the molecule is CC(=O)Nc1ccc(NC(=O)COC(=O)C2CC3CCCC(C2)C32SCCS2)cc1. The largest absolute Gasteiger partial charge is 0.455 e. The average molecular weight is 449 g/mol. The highest BCUT2D eigenvalue weighted by atomic mass is 32.2. The summed E-state index contributed by atoms with van der Waals surface area (Å²) < 4.78 is 5.72. The number of carbonyl (C=O) groups is 3. The van der Waals surface area contributed by atoms with E-state index in [1.54, 1.807) is 24.3 Å². The molecule has 4 rings (SSSR count). The van der Waals surface area contributed by atoms with Crippen molar-refractivity contribution in [2.24, 2.45) is 17.8 Å². The van der Waals surface area contributed by atoms with Gasteiger partial charge < -0.3 is 15.4 Å². The summed E-state index contributed by atoms with van der Waals surface area (Å²) in [5, 5.41) is 5.40. The molecular weight excluding hydrogens is 420 g/mol. The number of esters is 1. The van der Waals surface area contributed by atoms with E-state index in [0.717, 1.165) is 12.8 Å². The minimum Gasteiger partial charge on any atom is -0.455 e. The standard InChI is InChI=1S/C22H28N2O4S2/c1-14(25)23-18-5-7-19(8-6-18)24-20(26)13-28-21(27)15-11-16-3-2-4-17(12-15)22(16)29-9-10-30-22/h5-8,15-17H,2-4,9-13H2,1H3,(H,23,25)(H,24,26). The molecule has 1 aliphatic heterocycles. The lowest BCUT2D eigenvalue weighted by atomic mass is 9.67. The van der Waals surface area contributed by atoms with E-state index in [9.17, 15) is 14.4 Å². The monoisotopic (exact) mass is 448 g/mol. The van der Waals surface area contributed by atoms with Crippen molar-refractivity contribution in [2.45, 2.75) is 43.1 Å². The summed E-state index contributed by atoms with van der Waals surface area (Å²) in [5.41, 5.74) is 1.25. The van der Waals surface area contributed by atoms with E-state index in [1.807, 2.05) is 0 Å². The van der Waals surface area contributed by atoms with E-state index in [0.29, 0.717) is 27.3 Å². The predicted molar refractivity (Wildman–Crippen MR) is 122 cm³/mol. The highest BCUT2D eigenvalue weighted by Crippen LogP contribution is 2.64. The highest BCUT2D eigenvalue weighted by molar-refractivity contribution is 8.21. The van der Waals surface area contributed by atoms with Crippen molar-refractivity contribution in [3.8, 4) is 0 Å². The number of benzene rings is 1. The van der Waals surface area contributed by atoms with Crippen LogP contribution in [0.25, 0.3) is 0 Å². The van der Waals surface area contributed by atoms with Crippen LogP contribution in [0.3, 0.4) is 0 Å². The summed E-state index contributed by atoms with van der Waals surface area (Å²) in [6.45, 7) is 1.17. The third-order valence-electron chi connectivity index (χ3n) is 6.29. The lowest BCUT2D eigenvalue weighted by Crippen LogP contribution is -2.48. The third kappa shape index (κ3) is 4.64. The number of hydrogen-bond acceptors (Lipinski definition) is 6. The molecule has 2 unspecified atom stereocenters. The molecular formula is C22H28N2O4S2. The molecule has 2 N–H and O–H groups in total. The maximum atomic E-state index is 12.7. The van der Waals surface area contributed by atoms with Gasteiger partial charge in [-0.25, -0.2) is 0 Å². The number of amides is 2. The van der Waals surface area contributed by atoms with Crippen molar-refractivity contribution >= 4 is 52.7 Å². The second-order valence-corrected chi connectivity index (χ2v) is 11.3. The number of nitrogens with one attached hydrogen (secondary N) is 2. The molecule has 0 aromatic heterocycles. The second-order valence-electron chi connectivity index (χ2n) is 8.33. The molecule has 2 bridgehead atoms. The van der Waals surface area contributed by atoms with Gasteiger partial charge in [0.2, 0.25) is 5.91 Å². The van der Waals surface area contributed by atoms with Crippen LogP contribution in [-0.2, 0) is 19.1 Å². The minimum atomic E-state index is -0.356. The van der Waals surface area contributed by atoms with E-state index in [4.69, 9.17) is 4.74 Å². The molecule has 3 fully saturated rings. The number of thioether (sulfide) groups is 2. The van der Waals surface area contributed by atoms with Gasteiger partial charge in [-0.1, -0.05) is 6.42 Å². The van der Waals surface area contributed by atoms with Gasteiger partial charge in [0, 0.05) is 29.8 Å². The van der Waals surface area contributed by atoms with Crippen LogP contribution < -0.4 is 10.6 Å². The summed E-state index contributed by atoms with van der Waals surface area (Å²) in [4.78, 5) is 35.9. The fourth-order valence-electron chi connectivity index (χ4n) is 5.09. The Morgan fingerprint density at radius 2 is 1.57 bits per heavy atom. The first kappa shape index (κ1) is 21.6. The van der Waals surface area contributed by atoms with Crippen molar-refractivity contribution in [2.75, 3.05) is 28.7 Å². The average Bonchev–Trinajstić information content (AvgIpc) is 3.16. The van der Waals surface area contributed by atoms with Crippen LogP contribution >= 0.6 is 23.5 Å². The zero-order valence-corrected chi connectivity index (χ0v) is 18.8.